The Balaban J connectivity index is 2.45. The first-order chi connectivity index (χ1) is 6.10. The van der Waals surface area contributed by atoms with Crippen LogP contribution in [0.2, 0.25) is 0 Å². The Labute approximate surface area is 81.9 Å². The van der Waals surface area contributed by atoms with Gasteiger partial charge in [-0.2, -0.15) is 0 Å². The van der Waals surface area contributed by atoms with Gasteiger partial charge in [0.1, 0.15) is 0 Å². The lowest BCUT2D eigenvalue weighted by atomic mass is 9.75. The van der Waals surface area contributed by atoms with E-state index in [1.165, 1.54) is 19.3 Å². The van der Waals surface area contributed by atoms with Crippen molar-refractivity contribution in [2.24, 2.45) is 0 Å². The van der Waals surface area contributed by atoms with Crippen LogP contribution in [0, 0.1) is 12.3 Å². The number of hydrogen-bond donors (Lipinski definition) is 0. The Morgan fingerprint density at radius 1 is 1.31 bits per heavy atom. The van der Waals surface area contributed by atoms with Gasteiger partial charge in [-0.05, 0) is 40.4 Å². The summed E-state index contributed by atoms with van der Waals surface area (Å²) >= 11 is 0. The molecule has 2 nitrogen and oxygen atoms in total. The predicted molar refractivity (Wildman–Crippen MR) is 56.6 cm³/mol. The molecule has 0 bridgehead atoms. The minimum absolute atomic E-state index is 0.408. The maximum Gasteiger partial charge on any atom is 0.0597 e. The smallest absolute Gasteiger partial charge is 0.0597 e. The van der Waals surface area contributed by atoms with E-state index < -0.39 is 0 Å². The molecule has 0 atom stereocenters. The van der Waals surface area contributed by atoms with Crippen LogP contribution in [0.15, 0.2) is 0 Å². The highest BCUT2D eigenvalue weighted by atomic mass is 15.2. The molecule has 1 saturated carbocycles. The van der Waals surface area contributed by atoms with Crippen LogP contribution in [0.4, 0.5) is 0 Å². The fraction of sp³-hybridized carbons (Fsp3) is 0.818. The summed E-state index contributed by atoms with van der Waals surface area (Å²) in [5.74, 6) is 2.68. The van der Waals surface area contributed by atoms with E-state index in [0.717, 1.165) is 13.1 Å². The third-order valence-electron chi connectivity index (χ3n) is 3.16. The maximum atomic E-state index is 5.28. The summed E-state index contributed by atoms with van der Waals surface area (Å²) in [5, 5.41) is 0. The van der Waals surface area contributed by atoms with Gasteiger partial charge in [0, 0.05) is 12.1 Å². The van der Waals surface area contributed by atoms with Gasteiger partial charge >= 0.3 is 0 Å². The summed E-state index contributed by atoms with van der Waals surface area (Å²) < 4.78 is 0. The number of hydrogen-bond acceptors (Lipinski definition) is 2. The summed E-state index contributed by atoms with van der Waals surface area (Å²) in [6.07, 6.45) is 9.27. The topological polar surface area (TPSA) is 6.48 Å². The molecule has 0 unspecified atom stereocenters. The molecule has 0 spiro atoms. The summed E-state index contributed by atoms with van der Waals surface area (Å²) in [4.78, 5) is 4.59. The molecular formula is C11H20N2. The number of likely N-dealkylation sites (N-methyl/N-ethyl adjacent to an activating group) is 2. The standard InChI is InChI=1S/C11H20N2/c1-5-9-13(4)10-11(12(2)3)7-6-8-11/h1H,6-10H2,2-4H3. The van der Waals surface area contributed by atoms with Crippen LogP contribution < -0.4 is 0 Å². The van der Waals surface area contributed by atoms with Crippen LogP contribution >= 0.6 is 0 Å². The molecule has 0 aromatic rings. The van der Waals surface area contributed by atoms with Crippen LogP contribution in [0.1, 0.15) is 19.3 Å². The van der Waals surface area contributed by atoms with E-state index in [1.807, 2.05) is 0 Å². The Hall–Kier alpha value is -0.520. The third-order valence-corrected chi connectivity index (χ3v) is 3.16. The fourth-order valence-corrected chi connectivity index (χ4v) is 2.05. The van der Waals surface area contributed by atoms with Crippen molar-refractivity contribution in [1.82, 2.24) is 9.80 Å². The van der Waals surface area contributed by atoms with Crippen molar-refractivity contribution in [3.63, 3.8) is 0 Å². The highest BCUT2D eigenvalue weighted by Gasteiger charge is 2.39. The van der Waals surface area contributed by atoms with Gasteiger partial charge in [0.15, 0.2) is 0 Å². The molecule has 1 fully saturated rings. The van der Waals surface area contributed by atoms with Crippen molar-refractivity contribution in [2.45, 2.75) is 24.8 Å². The molecule has 0 aliphatic heterocycles. The molecule has 0 aromatic heterocycles. The maximum absolute atomic E-state index is 5.28. The third kappa shape index (κ3) is 2.24. The molecule has 1 aliphatic rings. The zero-order valence-corrected chi connectivity index (χ0v) is 9.01. The molecule has 0 aromatic carbocycles. The van der Waals surface area contributed by atoms with Crippen LogP contribution in [0.5, 0.6) is 0 Å². The Morgan fingerprint density at radius 3 is 2.23 bits per heavy atom. The average molecular weight is 180 g/mol. The molecule has 0 amide bonds. The van der Waals surface area contributed by atoms with Crippen molar-refractivity contribution in [1.29, 1.82) is 0 Å². The summed E-state index contributed by atoms with van der Waals surface area (Å²) in [6.45, 7) is 1.86. The van der Waals surface area contributed by atoms with Gasteiger partial charge in [0.05, 0.1) is 6.54 Å². The van der Waals surface area contributed by atoms with Crippen LogP contribution in [-0.2, 0) is 0 Å². The summed E-state index contributed by atoms with van der Waals surface area (Å²) in [5.41, 5.74) is 0.408. The van der Waals surface area contributed by atoms with Crippen molar-refractivity contribution < 1.29 is 0 Å². The number of terminal acetylenes is 1. The lowest BCUT2D eigenvalue weighted by Crippen LogP contribution is -2.56. The molecule has 0 N–H and O–H groups in total. The van der Waals surface area contributed by atoms with Gasteiger partial charge < -0.3 is 4.90 Å². The highest BCUT2D eigenvalue weighted by molar-refractivity contribution is 4.99. The van der Waals surface area contributed by atoms with Crippen molar-refractivity contribution in [3.05, 3.63) is 0 Å². The predicted octanol–water partition coefficient (Wildman–Crippen LogP) is 1.04. The van der Waals surface area contributed by atoms with Gasteiger partial charge in [-0.1, -0.05) is 5.92 Å². The summed E-state index contributed by atoms with van der Waals surface area (Å²) in [6, 6.07) is 0. The van der Waals surface area contributed by atoms with Crippen molar-refractivity contribution in [2.75, 3.05) is 34.2 Å². The second-order valence-electron chi connectivity index (χ2n) is 4.35. The van der Waals surface area contributed by atoms with Crippen molar-refractivity contribution in [3.8, 4) is 12.3 Å². The second kappa shape index (κ2) is 4.13. The van der Waals surface area contributed by atoms with Crippen molar-refractivity contribution >= 4 is 0 Å². The molecular weight excluding hydrogens is 160 g/mol. The monoisotopic (exact) mass is 180 g/mol. The van der Waals surface area contributed by atoms with Gasteiger partial charge in [0.2, 0.25) is 0 Å². The first kappa shape index (κ1) is 10.6. The minimum Gasteiger partial charge on any atom is -0.302 e. The van der Waals surface area contributed by atoms with E-state index in [-0.39, 0.29) is 0 Å². The van der Waals surface area contributed by atoms with E-state index in [9.17, 15) is 0 Å². The molecule has 1 rings (SSSR count). The van der Waals surface area contributed by atoms with Crippen LogP contribution in [-0.4, -0.2) is 49.6 Å². The van der Waals surface area contributed by atoms with Gasteiger partial charge in [-0.25, -0.2) is 0 Å². The molecule has 0 radical (unpaired) electrons. The Morgan fingerprint density at radius 2 is 1.92 bits per heavy atom. The number of rotatable bonds is 4. The Kier molecular flexibility index (Phi) is 3.35. The fourth-order valence-electron chi connectivity index (χ4n) is 2.05. The van der Waals surface area contributed by atoms with Gasteiger partial charge in [0.25, 0.3) is 0 Å². The van der Waals surface area contributed by atoms with Gasteiger partial charge in [-0.15, -0.1) is 6.42 Å². The average Bonchev–Trinajstić information content (AvgIpc) is 1.96. The van der Waals surface area contributed by atoms with E-state index in [1.54, 1.807) is 0 Å². The second-order valence-corrected chi connectivity index (χ2v) is 4.35. The van der Waals surface area contributed by atoms with Crippen LogP contribution in [0.3, 0.4) is 0 Å². The minimum atomic E-state index is 0.408. The lowest BCUT2D eigenvalue weighted by molar-refractivity contribution is 0.0312. The normalized spacial score (nSPS) is 20.0. The molecule has 0 heterocycles. The summed E-state index contributed by atoms with van der Waals surface area (Å²) in [7, 11) is 6.44. The SMILES string of the molecule is C#CCN(C)CC1(N(C)C)CCC1. The van der Waals surface area contributed by atoms with E-state index >= 15 is 0 Å². The largest absolute Gasteiger partial charge is 0.302 e. The molecule has 74 valence electrons. The lowest BCUT2D eigenvalue weighted by Gasteiger charge is -2.49. The molecule has 2 heteroatoms. The first-order valence-corrected chi connectivity index (χ1v) is 4.90. The highest BCUT2D eigenvalue weighted by Crippen LogP contribution is 2.36. The zero-order valence-electron chi connectivity index (χ0n) is 9.01. The van der Waals surface area contributed by atoms with Gasteiger partial charge in [-0.3, -0.25) is 4.90 Å². The van der Waals surface area contributed by atoms with E-state index in [0.29, 0.717) is 5.54 Å². The quantitative estimate of drug-likeness (QED) is 0.596. The molecule has 13 heavy (non-hydrogen) atoms. The first-order valence-electron chi connectivity index (χ1n) is 4.90. The number of nitrogens with zero attached hydrogens (tertiary/aromatic N) is 2. The van der Waals surface area contributed by atoms with E-state index in [2.05, 4.69) is 36.9 Å². The van der Waals surface area contributed by atoms with Crippen LogP contribution in [0.25, 0.3) is 0 Å². The van der Waals surface area contributed by atoms with E-state index in [4.69, 9.17) is 6.42 Å². The molecule has 0 saturated heterocycles. The molecule has 1 aliphatic carbocycles. The zero-order chi connectivity index (χ0) is 9.90. The Bertz CT molecular complexity index is 199.